The summed E-state index contributed by atoms with van der Waals surface area (Å²) in [4.78, 5) is 3.66. The highest BCUT2D eigenvalue weighted by Gasteiger charge is 2.44. The van der Waals surface area contributed by atoms with Gasteiger partial charge < -0.3 is 4.57 Å². The van der Waals surface area contributed by atoms with Gasteiger partial charge in [-0.1, -0.05) is 121 Å². The summed E-state index contributed by atoms with van der Waals surface area (Å²) in [6.45, 7) is 7.59. The zero-order chi connectivity index (χ0) is 34.1. The predicted molar refractivity (Wildman–Crippen MR) is 206 cm³/mol. The molecule has 1 aromatic heterocycles. The minimum atomic E-state index is -3.03. The van der Waals surface area contributed by atoms with Gasteiger partial charge in [0, 0.05) is 11.1 Å². The third-order valence-electron chi connectivity index (χ3n) is 9.62. The SMILES string of the molecule is [C-]#[N+]c1ccc2c(c1)c1cc(C#N)ccc1n2-c1ccc(-c2cccc(C#N)c2[Si](c2ccccc2)(c2ccccc2)c2ccccc2)cc1. The Morgan fingerprint density at radius 3 is 1.64 bits per heavy atom. The molecule has 1 heterocycles. The molecule has 0 fully saturated rings. The quantitative estimate of drug-likeness (QED) is 0.104. The van der Waals surface area contributed by atoms with Crippen LogP contribution < -0.4 is 20.7 Å². The lowest BCUT2D eigenvalue weighted by molar-refractivity contribution is 1.18. The number of fused-ring (bicyclic) bond motifs is 3. The molecule has 0 radical (unpaired) electrons. The fourth-order valence-corrected chi connectivity index (χ4v) is 12.6. The maximum atomic E-state index is 10.8. The number of nitrogens with zero attached hydrogens (tertiary/aromatic N) is 4. The molecule has 0 unspecified atom stereocenters. The van der Waals surface area contributed by atoms with E-state index in [0.717, 1.165) is 43.8 Å². The average Bonchev–Trinajstić information content (AvgIpc) is 3.52. The van der Waals surface area contributed by atoms with Crippen LogP contribution in [0.4, 0.5) is 5.69 Å². The number of benzene rings is 7. The van der Waals surface area contributed by atoms with Crippen LogP contribution in [-0.2, 0) is 0 Å². The van der Waals surface area contributed by atoms with Crippen molar-refractivity contribution in [3.8, 4) is 29.0 Å². The van der Waals surface area contributed by atoms with E-state index in [0.29, 0.717) is 16.8 Å². The summed E-state index contributed by atoms with van der Waals surface area (Å²) in [7, 11) is -3.03. The van der Waals surface area contributed by atoms with E-state index < -0.39 is 8.07 Å². The van der Waals surface area contributed by atoms with Gasteiger partial charge in [-0.05, 0) is 85.8 Å². The molecule has 8 rings (SSSR count). The van der Waals surface area contributed by atoms with Gasteiger partial charge in [0.2, 0.25) is 0 Å². The average molecular weight is 653 g/mol. The Morgan fingerprint density at radius 2 is 1.10 bits per heavy atom. The van der Waals surface area contributed by atoms with Crippen molar-refractivity contribution in [2.24, 2.45) is 0 Å². The molecule has 7 aromatic carbocycles. The summed E-state index contributed by atoms with van der Waals surface area (Å²) in [5, 5.41) is 27.0. The van der Waals surface area contributed by atoms with Gasteiger partial charge in [0.25, 0.3) is 0 Å². The van der Waals surface area contributed by atoms with Crippen LogP contribution in [0.25, 0.3) is 43.5 Å². The topological polar surface area (TPSA) is 56.9 Å². The van der Waals surface area contributed by atoms with Crippen LogP contribution in [0.5, 0.6) is 0 Å². The lowest BCUT2D eigenvalue weighted by Gasteiger charge is -2.36. The molecule has 0 aliphatic rings. The molecule has 0 saturated carbocycles. The fraction of sp³-hybridized carbons (Fsp3) is 0. The fourth-order valence-electron chi connectivity index (χ4n) is 7.51. The van der Waals surface area contributed by atoms with Crippen LogP contribution in [0.3, 0.4) is 0 Å². The first-order chi connectivity index (χ1) is 24.7. The van der Waals surface area contributed by atoms with Crippen molar-refractivity contribution in [1.29, 1.82) is 10.5 Å². The van der Waals surface area contributed by atoms with Gasteiger partial charge >= 0.3 is 0 Å². The molecule has 0 atom stereocenters. The van der Waals surface area contributed by atoms with Crippen LogP contribution >= 0.6 is 0 Å². The van der Waals surface area contributed by atoms with Crippen LogP contribution in [0, 0.1) is 29.2 Å². The lowest BCUT2D eigenvalue weighted by atomic mass is 10.0. The number of rotatable bonds is 6. The lowest BCUT2D eigenvalue weighted by Crippen LogP contribution is -2.75. The van der Waals surface area contributed by atoms with E-state index in [2.05, 4.69) is 125 Å². The highest BCUT2D eigenvalue weighted by Crippen LogP contribution is 2.35. The van der Waals surface area contributed by atoms with Crippen molar-refractivity contribution in [2.75, 3.05) is 0 Å². The van der Waals surface area contributed by atoms with E-state index in [1.807, 2.05) is 66.7 Å². The molecule has 0 amide bonds. The van der Waals surface area contributed by atoms with Crippen LogP contribution in [0.15, 0.2) is 170 Å². The van der Waals surface area contributed by atoms with Gasteiger partial charge in [0.15, 0.2) is 13.8 Å². The van der Waals surface area contributed by atoms with Gasteiger partial charge in [-0.15, -0.1) is 0 Å². The molecule has 0 saturated heterocycles. The number of aromatic nitrogens is 1. The number of hydrogen-bond acceptors (Lipinski definition) is 2. The highest BCUT2D eigenvalue weighted by molar-refractivity contribution is 7.20. The first-order valence-corrected chi connectivity index (χ1v) is 18.3. The molecule has 0 aliphatic heterocycles. The predicted octanol–water partition coefficient (Wildman–Crippen LogP) is 8.12. The first kappa shape index (κ1) is 30.4. The van der Waals surface area contributed by atoms with Crippen molar-refractivity contribution in [1.82, 2.24) is 4.57 Å². The van der Waals surface area contributed by atoms with Crippen molar-refractivity contribution < 1.29 is 0 Å². The van der Waals surface area contributed by atoms with Gasteiger partial charge in [0.05, 0.1) is 40.9 Å². The first-order valence-electron chi connectivity index (χ1n) is 16.3. The molecule has 5 heteroatoms. The molecule has 8 aromatic rings. The minimum absolute atomic E-state index is 0.557. The van der Waals surface area contributed by atoms with Crippen LogP contribution in [0.1, 0.15) is 11.1 Å². The monoisotopic (exact) mass is 652 g/mol. The van der Waals surface area contributed by atoms with E-state index in [9.17, 15) is 10.5 Å². The third kappa shape index (κ3) is 4.80. The van der Waals surface area contributed by atoms with Gasteiger partial charge in [-0.3, -0.25) is 0 Å². The van der Waals surface area contributed by atoms with Crippen molar-refractivity contribution in [3.05, 3.63) is 192 Å². The smallest absolute Gasteiger partial charge is 0.188 e. The molecule has 50 heavy (non-hydrogen) atoms. The van der Waals surface area contributed by atoms with E-state index in [4.69, 9.17) is 6.57 Å². The Kier molecular flexibility index (Phi) is 7.63. The van der Waals surface area contributed by atoms with Gasteiger partial charge in [-0.2, -0.15) is 10.5 Å². The Bertz CT molecular complexity index is 2490. The molecule has 0 spiro atoms. The summed E-state index contributed by atoms with van der Waals surface area (Å²) < 4.78 is 2.19. The van der Waals surface area contributed by atoms with E-state index in [-0.39, 0.29) is 0 Å². The largest absolute Gasteiger partial charge is 0.309 e. The van der Waals surface area contributed by atoms with Gasteiger partial charge in [-0.25, -0.2) is 4.85 Å². The maximum Gasteiger partial charge on any atom is 0.188 e. The van der Waals surface area contributed by atoms with E-state index in [1.165, 1.54) is 15.6 Å². The summed E-state index contributed by atoms with van der Waals surface area (Å²) in [6, 6.07) is 62.9. The zero-order valence-electron chi connectivity index (χ0n) is 27.0. The van der Waals surface area contributed by atoms with Gasteiger partial charge in [0.1, 0.15) is 0 Å². The summed E-state index contributed by atoms with van der Waals surface area (Å²) in [5.41, 5.74) is 6.74. The number of hydrogen-bond donors (Lipinski definition) is 0. The molecule has 4 nitrogen and oxygen atoms in total. The Morgan fingerprint density at radius 1 is 0.540 bits per heavy atom. The molecule has 232 valence electrons. The van der Waals surface area contributed by atoms with Crippen LogP contribution in [-0.4, -0.2) is 12.6 Å². The number of nitriles is 2. The minimum Gasteiger partial charge on any atom is -0.309 e. The summed E-state index contributed by atoms with van der Waals surface area (Å²) >= 11 is 0. The van der Waals surface area contributed by atoms with Crippen molar-refractivity contribution in [3.63, 3.8) is 0 Å². The van der Waals surface area contributed by atoms with E-state index >= 15 is 0 Å². The summed E-state index contributed by atoms with van der Waals surface area (Å²) in [5.74, 6) is 0. The Hall–Kier alpha value is -6.97. The second kappa shape index (κ2) is 12.6. The van der Waals surface area contributed by atoms with Crippen molar-refractivity contribution in [2.45, 2.75) is 0 Å². The maximum absolute atomic E-state index is 10.8. The third-order valence-corrected chi connectivity index (χ3v) is 14.5. The van der Waals surface area contributed by atoms with Crippen molar-refractivity contribution >= 4 is 56.3 Å². The highest BCUT2D eigenvalue weighted by atomic mass is 28.3. The molecule has 0 aliphatic carbocycles. The Balaban J connectivity index is 1.39. The summed E-state index contributed by atoms with van der Waals surface area (Å²) in [6.07, 6.45) is 0. The Labute approximate surface area is 291 Å². The second-order valence-electron chi connectivity index (χ2n) is 12.2. The van der Waals surface area contributed by atoms with Crippen LogP contribution in [0.2, 0.25) is 0 Å². The molecular weight excluding hydrogens is 625 g/mol. The normalized spacial score (nSPS) is 11.1. The standard InChI is InChI=1S/C45H28N4Si/c1-48-35-23-27-44-42(29-35)41-28-32(30-46)20-26-43(41)49(44)36-24-21-33(22-25-36)40-19-11-12-34(31-47)45(40)50(37-13-5-2-6-14-37,38-15-7-3-8-16-38)39-17-9-4-10-18-39/h2-29H. The van der Waals surface area contributed by atoms with E-state index in [1.54, 1.807) is 0 Å². The molecule has 0 N–H and O–H groups in total. The second-order valence-corrected chi connectivity index (χ2v) is 16.0. The molecular formula is C45H28N4Si. The zero-order valence-corrected chi connectivity index (χ0v) is 28.0. The molecule has 0 bridgehead atoms.